The summed E-state index contributed by atoms with van der Waals surface area (Å²) in [4.78, 5) is 27.2. The average molecular weight is 464 g/mol. The van der Waals surface area contributed by atoms with E-state index in [1.165, 1.54) is 36.1 Å². The number of hydrogen-bond acceptors (Lipinski definition) is 6. The zero-order valence-electron chi connectivity index (χ0n) is 19.1. The maximum Gasteiger partial charge on any atom is 0.277 e. The minimum atomic E-state index is -0.504. The number of nitriles is 1. The maximum atomic E-state index is 12.7. The van der Waals surface area contributed by atoms with Gasteiger partial charge in [-0.3, -0.25) is 14.2 Å². The van der Waals surface area contributed by atoms with E-state index in [2.05, 4.69) is 39.1 Å². The Labute approximate surface area is 197 Å². The van der Waals surface area contributed by atoms with Gasteiger partial charge >= 0.3 is 0 Å². The van der Waals surface area contributed by atoms with Crippen LogP contribution in [-0.2, 0) is 17.8 Å². The van der Waals surface area contributed by atoms with Gasteiger partial charge in [0, 0.05) is 31.5 Å². The molecule has 1 aliphatic rings. The van der Waals surface area contributed by atoms with Crippen molar-refractivity contribution in [1.82, 2.24) is 14.8 Å². The molecule has 33 heavy (non-hydrogen) atoms. The van der Waals surface area contributed by atoms with Crippen molar-refractivity contribution in [3.63, 3.8) is 0 Å². The highest BCUT2D eigenvalue weighted by Gasteiger charge is 2.11. The molecule has 1 amide bonds. The van der Waals surface area contributed by atoms with Crippen LogP contribution >= 0.6 is 11.3 Å². The third-order valence-electron chi connectivity index (χ3n) is 5.39. The molecule has 0 radical (unpaired) electrons. The van der Waals surface area contributed by atoms with Gasteiger partial charge in [-0.2, -0.15) is 5.26 Å². The number of carbonyl (C=O) groups is 1. The van der Waals surface area contributed by atoms with E-state index < -0.39 is 5.91 Å². The normalized spacial score (nSPS) is 13.0. The van der Waals surface area contributed by atoms with Crippen LogP contribution < -0.4 is 25.4 Å². The number of hydrogen-bond donors (Lipinski definition) is 2. The molecule has 7 nitrogen and oxygen atoms in total. The second-order valence-corrected chi connectivity index (χ2v) is 8.69. The summed E-state index contributed by atoms with van der Waals surface area (Å²) in [5, 5.41) is 15.1. The van der Waals surface area contributed by atoms with E-state index >= 15 is 0 Å². The molecule has 1 aromatic heterocycles. The van der Waals surface area contributed by atoms with Crippen molar-refractivity contribution in [2.24, 2.45) is 0 Å². The standard InChI is InChI=1S/C25H29N5O2S/c1-3-27-24(31)20(18-26)17-23-30(4-2)25(32)22(33-23)10-12-28-21-9-7-8-19(16-21)11-15-29-13-5-6-14-29/h7-9,12,16,28H,3-6,11,13-15H2,1-2H3,(H,27,31). The Balaban J connectivity index is 1.85. The van der Waals surface area contributed by atoms with Crippen LogP contribution in [0.2, 0.25) is 0 Å². The lowest BCUT2D eigenvalue weighted by Crippen LogP contribution is -2.30. The van der Waals surface area contributed by atoms with Crippen molar-refractivity contribution >= 4 is 34.4 Å². The fourth-order valence-electron chi connectivity index (χ4n) is 3.67. The van der Waals surface area contributed by atoms with Crippen LogP contribution in [0.1, 0.15) is 32.3 Å². The Bertz CT molecular complexity index is 1280. The first-order valence-corrected chi connectivity index (χ1v) is 12.1. The molecular weight excluding hydrogens is 434 g/mol. The molecule has 2 N–H and O–H groups in total. The molecule has 0 atom stereocenters. The summed E-state index contributed by atoms with van der Waals surface area (Å²) >= 11 is 1.15. The van der Waals surface area contributed by atoms with Gasteiger partial charge in [0.2, 0.25) is 0 Å². The molecular formula is C25H29N5O2S. The van der Waals surface area contributed by atoms with E-state index in [4.69, 9.17) is 0 Å². The molecule has 2 aromatic rings. The lowest BCUT2D eigenvalue weighted by atomic mass is 10.1. The van der Waals surface area contributed by atoms with Crippen LogP contribution in [-0.4, -0.2) is 41.6 Å². The number of aromatic nitrogens is 1. The lowest BCUT2D eigenvalue weighted by Gasteiger charge is -2.14. The first-order chi connectivity index (χ1) is 16.0. The summed E-state index contributed by atoms with van der Waals surface area (Å²) in [6, 6.07) is 10.1. The quantitative estimate of drug-likeness (QED) is 0.458. The molecule has 1 saturated heterocycles. The van der Waals surface area contributed by atoms with Gasteiger partial charge in [0.25, 0.3) is 11.5 Å². The summed E-state index contributed by atoms with van der Waals surface area (Å²) < 4.78 is 2.28. The summed E-state index contributed by atoms with van der Waals surface area (Å²) in [7, 11) is 0. The number of amides is 1. The fourth-order valence-corrected chi connectivity index (χ4v) is 4.65. The van der Waals surface area contributed by atoms with Gasteiger partial charge in [-0.1, -0.05) is 34.9 Å². The van der Waals surface area contributed by atoms with Gasteiger partial charge in [0.05, 0.1) is 0 Å². The van der Waals surface area contributed by atoms with Crippen molar-refractivity contribution in [3.05, 3.63) is 61.2 Å². The van der Waals surface area contributed by atoms with Gasteiger partial charge < -0.3 is 15.5 Å². The molecule has 0 saturated carbocycles. The number of rotatable bonds is 8. The van der Waals surface area contributed by atoms with E-state index in [1.54, 1.807) is 13.1 Å². The topological polar surface area (TPSA) is 90.2 Å². The Morgan fingerprint density at radius 2 is 2.06 bits per heavy atom. The smallest absolute Gasteiger partial charge is 0.277 e. The van der Waals surface area contributed by atoms with Crippen molar-refractivity contribution in [2.75, 3.05) is 31.5 Å². The van der Waals surface area contributed by atoms with E-state index in [9.17, 15) is 14.9 Å². The number of benzene rings is 1. The first kappa shape index (κ1) is 24.3. The number of anilines is 1. The van der Waals surface area contributed by atoms with E-state index in [0.29, 0.717) is 22.3 Å². The molecule has 172 valence electrons. The number of carbonyl (C=O) groups excluding carboxylic acids is 1. The molecule has 0 bridgehead atoms. The predicted octanol–water partition coefficient (Wildman–Crippen LogP) is 1.54. The molecule has 1 aliphatic heterocycles. The molecule has 1 fully saturated rings. The Morgan fingerprint density at radius 1 is 1.27 bits per heavy atom. The van der Waals surface area contributed by atoms with Gasteiger partial charge in [0.1, 0.15) is 15.3 Å². The molecule has 2 heterocycles. The maximum absolute atomic E-state index is 12.7. The summed E-state index contributed by atoms with van der Waals surface area (Å²) in [6.45, 7) is 7.87. The lowest BCUT2D eigenvalue weighted by molar-refractivity contribution is -0.116. The SMILES string of the molecule is CCNC(=O)C(=C=c1sc(=C=CNc2cccc(CCN3CCCC3)c2)c(=O)n1CC)C#N. The number of thiazole rings is 1. The fraction of sp³-hybridized carbons (Fsp3) is 0.400. The highest BCUT2D eigenvalue weighted by atomic mass is 32.1. The van der Waals surface area contributed by atoms with Crippen molar-refractivity contribution in [1.29, 1.82) is 5.26 Å². The minimum Gasteiger partial charge on any atom is -0.355 e. The monoisotopic (exact) mass is 463 g/mol. The number of likely N-dealkylation sites (tertiary alicyclic amines) is 1. The third kappa shape index (κ3) is 6.58. The summed E-state index contributed by atoms with van der Waals surface area (Å²) in [6.07, 6.45) is 5.22. The van der Waals surface area contributed by atoms with E-state index in [-0.39, 0.29) is 11.1 Å². The zero-order valence-corrected chi connectivity index (χ0v) is 19.9. The highest BCUT2D eigenvalue weighted by molar-refractivity contribution is 7.07. The Morgan fingerprint density at radius 3 is 2.76 bits per heavy atom. The molecule has 0 aliphatic carbocycles. The minimum absolute atomic E-state index is 0.153. The van der Waals surface area contributed by atoms with Crippen LogP contribution in [0.15, 0.2) is 40.8 Å². The van der Waals surface area contributed by atoms with Gasteiger partial charge in [-0.15, -0.1) is 0 Å². The van der Waals surface area contributed by atoms with Gasteiger partial charge in [-0.05, 0) is 63.9 Å². The Hall–Kier alpha value is -3.33. The van der Waals surface area contributed by atoms with Crippen LogP contribution in [0.25, 0.3) is 11.5 Å². The number of nitrogens with one attached hydrogen (secondary N) is 2. The first-order valence-electron chi connectivity index (χ1n) is 11.3. The van der Waals surface area contributed by atoms with Crippen molar-refractivity contribution < 1.29 is 4.79 Å². The molecule has 0 unspecified atom stereocenters. The number of nitrogens with zero attached hydrogens (tertiary/aromatic N) is 3. The van der Waals surface area contributed by atoms with Gasteiger partial charge in [-0.25, -0.2) is 0 Å². The average Bonchev–Trinajstić information content (AvgIpc) is 3.44. The predicted molar refractivity (Wildman–Crippen MR) is 132 cm³/mol. The van der Waals surface area contributed by atoms with Crippen molar-refractivity contribution in [3.8, 4) is 6.07 Å². The van der Waals surface area contributed by atoms with E-state index in [0.717, 1.165) is 30.0 Å². The van der Waals surface area contributed by atoms with Gasteiger partial charge in [0.15, 0.2) is 5.57 Å². The number of likely N-dealkylation sites (N-methyl/N-ethyl adjacent to an activating group) is 1. The zero-order chi connectivity index (χ0) is 23.6. The molecule has 8 heteroatoms. The molecule has 3 rings (SSSR count). The highest BCUT2D eigenvalue weighted by Crippen LogP contribution is 2.13. The van der Waals surface area contributed by atoms with Crippen LogP contribution in [0.4, 0.5) is 5.69 Å². The summed E-state index contributed by atoms with van der Waals surface area (Å²) in [5.74, 6) is -0.504. The Kier molecular flexibility index (Phi) is 8.88. The van der Waals surface area contributed by atoms with Crippen LogP contribution in [0, 0.1) is 11.3 Å². The summed E-state index contributed by atoms with van der Waals surface area (Å²) in [5.41, 5.74) is 7.62. The van der Waals surface area contributed by atoms with Crippen molar-refractivity contribution in [2.45, 2.75) is 39.7 Å². The third-order valence-corrected chi connectivity index (χ3v) is 6.40. The largest absolute Gasteiger partial charge is 0.355 e. The second-order valence-electron chi connectivity index (χ2n) is 7.69. The van der Waals surface area contributed by atoms with E-state index in [1.807, 2.05) is 25.1 Å². The van der Waals surface area contributed by atoms with Crippen LogP contribution in [0.3, 0.4) is 0 Å². The molecule has 1 aromatic carbocycles. The second kappa shape index (κ2) is 12.1. The van der Waals surface area contributed by atoms with Crippen LogP contribution in [0.5, 0.6) is 0 Å². The molecule has 0 spiro atoms.